The topological polar surface area (TPSA) is 90.0 Å². The summed E-state index contributed by atoms with van der Waals surface area (Å²) >= 11 is 0. The zero-order chi connectivity index (χ0) is 24.2. The summed E-state index contributed by atoms with van der Waals surface area (Å²) in [7, 11) is 0. The van der Waals surface area contributed by atoms with Crippen LogP contribution in [-0.2, 0) is 14.4 Å². The Morgan fingerprint density at radius 1 is 1.00 bits per heavy atom. The van der Waals surface area contributed by atoms with Gasteiger partial charge in [-0.1, -0.05) is 30.3 Å². The number of nitrogens with zero attached hydrogens (tertiary/aromatic N) is 2. The fourth-order valence-corrected chi connectivity index (χ4v) is 4.17. The highest BCUT2D eigenvalue weighted by Gasteiger charge is 2.35. The normalized spacial score (nSPS) is 15.3. The SMILES string of the molecule is Cc1ccc(C)c(N2CC(C(=O)Nc3ccc(N(CC(=O)O)c4ccccc4)cc3)CC2=O)c1. The summed E-state index contributed by atoms with van der Waals surface area (Å²) in [5, 5.41) is 12.2. The number of rotatable bonds is 7. The number of amides is 2. The van der Waals surface area contributed by atoms with Gasteiger partial charge < -0.3 is 20.2 Å². The van der Waals surface area contributed by atoms with Crippen LogP contribution < -0.4 is 15.1 Å². The highest BCUT2D eigenvalue weighted by molar-refractivity contribution is 6.04. The number of anilines is 4. The largest absolute Gasteiger partial charge is 0.480 e. The molecule has 1 aliphatic rings. The molecule has 0 aliphatic carbocycles. The third kappa shape index (κ3) is 5.09. The number of hydrogen-bond donors (Lipinski definition) is 2. The molecule has 174 valence electrons. The molecule has 2 N–H and O–H groups in total. The predicted octanol–water partition coefficient (Wildman–Crippen LogP) is 4.52. The van der Waals surface area contributed by atoms with E-state index in [1.807, 2.05) is 62.4 Å². The monoisotopic (exact) mass is 457 g/mol. The third-order valence-corrected chi connectivity index (χ3v) is 5.96. The van der Waals surface area contributed by atoms with Crippen molar-refractivity contribution in [3.63, 3.8) is 0 Å². The number of carboxylic acid groups (broad SMARTS) is 1. The summed E-state index contributed by atoms with van der Waals surface area (Å²) < 4.78 is 0. The highest BCUT2D eigenvalue weighted by Crippen LogP contribution is 2.30. The first-order chi connectivity index (χ1) is 16.3. The zero-order valence-electron chi connectivity index (χ0n) is 19.2. The van der Waals surface area contributed by atoms with Crippen LogP contribution in [0.1, 0.15) is 17.5 Å². The van der Waals surface area contributed by atoms with Crippen molar-refractivity contribution >= 4 is 40.5 Å². The molecule has 1 aliphatic heterocycles. The van der Waals surface area contributed by atoms with Crippen LogP contribution in [0.4, 0.5) is 22.7 Å². The summed E-state index contributed by atoms with van der Waals surface area (Å²) in [6.07, 6.45) is 0.164. The number of nitrogens with one attached hydrogen (secondary N) is 1. The number of carbonyl (C=O) groups excluding carboxylic acids is 2. The predicted molar refractivity (Wildman–Crippen MR) is 133 cm³/mol. The summed E-state index contributed by atoms with van der Waals surface area (Å²) in [5.74, 6) is -1.66. The average molecular weight is 458 g/mol. The van der Waals surface area contributed by atoms with E-state index in [1.165, 1.54) is 0 Å². The van der Waals surface area contributed by atoms with Gasteiger partial charge in [-0.2, -0.15) is 0 Å². The molecule has 2 amide bonds. The zero-order valence-corrected chi connectivity index (χ0v) is 19.2. The average Bonchev–Trinajstić information content (AvgIpc) is 3.21. The van der Waals surface area contributed by atoms with Crippen molar-refractivity contribution in [2.24, 2.45) is 5.92 Å². The smallest absolute Gasteiger partial charge is 0.323 e. The van der Waals surface area contributed by atoms with Crippen molar-refractivity contribution < 1.29 is 19.5 Å². The Balaban J connectivity index is 1.45. The van der Waals surface area contributed by atoms with Crippen LogP contribution in [0.15, 0.2) is 72.8 Å². The maximum absolute atomic E-state index is 12.9. The molecule has 1 atom stereocenters. The number of aryl methyl sites for hydroxylation is 2. The second-order valence-corrected chi connectivity index (χ2v) is 8.55. The van der Waals surface area contributed by atoms with Crippen LogP contribution in [0.3, 0.4) is 0 Å². The van der Waals surface area contributed by atoms with Crippen LogP contribution >= 0.6 is 0 Å². The molecule has 0 spiro atoms. The van der Waals surface area contributed by atoms with Crippen molar-refractivity contribution in [1.29, 1.82) is 0 Å². The van der Waals surface area contributed by atoms with Gasteiger partial charge in [0.25, 0.3) is 0 Å². The second kappa shape index (κ2) is 9.79. The van der Waals surface area contributed by atoms with Gasteiger partial charge in [0.15, 0.2) is 0 Å². The van der Waals surface area contributed by atoms with E-state index >= 15 is 0 Å². The van der Waals surface area contributed by atoms with E-state index < -0.39 is 11.9 Å². The molecule has 0 radical (unpaired) electrons. The van der Waals surface area contributed by atoms with E-state index in [4.69, 9.17) is 0 Å². The van der Waals surface area contributed by atoms with Crippen LogP contribution in [0, 0.1) is 19.8 Å². The molecule has 7 nitrogen and oxygen atoms in total. The van der Waals surface area contributed by atoms with E-state index in [-0.39, 0.29) is 24.8 Å². The van der Waals surface area contributed by atoms with Gasteiger partial charge in [-0.05, 0) is 67.4 Å². The fourth-order valence-electron chi connectivity index (χ4n) is 4.17. The molecule has 3 aromatic rings. The number of carboxylic acids is 1. The highest BCUT2D eigenvalue weighted by atomic mass is 16.4. The Kier molecular flexibility index (Phi) is 6.63. The molecule has 4 rings (SSSR count). The van der Waals surface area contributed by atoms with Crippen molar-refractivity contribution in [1.82, 2.24) is 0 Å². The Morgan fingerprint density at radius 3 is 2.35 bits per heavy atom. The lowest BCUT2D eigenvalue weighted by Crippen LogP contribution is -2.28. The summed E-state index contributed by atoms with van der Waals surface area (Å²) in [4.78, 5) is 40.3. The molecule has 0 bridgehead atoms. The molecular weight excluding hydrogens is 430 g/mol. The minimum atomic E-state index is -0.944. The Labute approximate surface area is 198 Å². The summed E-state index contributed by atoms with van der Waals surface area (Å²) in [6, 6.07) is 22.2. The van der Waals surface area contributed by atoms with E-state index in [0.29, 0.717) is 17.9 Å². The van der Waals surface area contributed by atoms with E-state index in [0.717, 1.165) is 22.5 Å². The van der Waals surface area contributed by atoms with E-state index in [1.54, 1.807) is 34.1 Å². The van der Waals surface area contributed by atoms with Gasteiger partial charge >= 0.3 is 5.97 Å². The Hall–Kier alpha value is -4.13. The van der Waals surface area contributed by atoms with Crippen LogP contribution in [0.5, 0.6) is 0 Å². The molecule has 1 saturated heterocycles. The standard InChI is InChI=1S/C27H27N3O4/c1-18-8-9-19(2)24(14-18)30-16-20(15-25(30)31)27(34)28-21-10-12-23(13-11-21)29(17-26(32)33)22-6-4-3-5-7-22/h3-14,20H,15-17H2,1-2H3,(H,28,34)(H,32,33). The summed E-state index contributed by atoms with van der Waals surface area (Å²) in [5.41, 5.74) is 4.97. The van der Waals surface area contributed by atoms with Crippen molar-refractivity contribution in [3.05, 3.63) is 83.9 Å². The minimum absolute atomic E-state index is 0.0589. The van der Waals surface area contributed by atoms with E-state index in [9.17, 15) is 19.5 Å². The van der Waals surface area contributed by atoms with Gasteiger partial charge in [-0.15, -0.1) is 0 Å². The molecule has 7 heteroatoms. The molecule has 3 aromatic carbocycles. The van der Waals surface area contributed by atoms with Crippen LogP contribution in [0.2, 0.25) is 0 Å². The number of para-hydroxylation sites is 1. The first-order valence-electron chi connectivity index (χ1n) is 11.1. The third-order valence-electron chi connectivity index (χ3n) is 5.96. The van der Waals surface area contributed by atoms with Gasteiger partial charge in [-0.3, -0.25) is 14.4 Å². The molecule has 1 unspecified atom stereocenters. The lowest BCUT2D eigenvalue weighted by molar-refractivity contribution is -0.135. The van der Waals surface area contributed by atoms with Crippen molar-refractivity contribution in [2.45, 2.75) is 20.3 Å². The molecule has 34 heavy (non-hydrogen) atoms. The molecule has 0 saturated carbocycles. The van der Waals surface area contributed by atoms with Gasteiger partial charge in [0.1, 0.15) is 6.54 Å². The fraction of sp³-hybridized carbons (Fsp3) is 0.222. The van der Waals surface area contributed by atoms with Gasteiger partial charge in [0.2, 0.25) is 11.8 Å². The van der Waals surface area contributed by atoms with Crippen molar-refractivity contribution in [2.75, 3.05) is 28.2 Å². The first kappa shape index (κ1) is 23.0. The molecule has 0 aromatic heterocycles. The van der Waals surface area contributed by atoms with Gasteiger partial charge in [-0.25, -0.2) is 0 Å². The minimum Gasteiger partial charge on any atom is -0.480 e. The number of benzene rings is 3. The van der Waals surface area contributed by atoms with E-state index in [2.05, 4.69) is 5.32 Å². The van der Waals surface area contributed by atoms with Gasteiger partial charge in [0.05, 0.1) is 5.92 Å². The molecular formula is C27H27N3O4. The number of aliphatic carboxylic acids is 1. The molecule has 1 fully saturated rings. The van der Waals surface area contributed by atoms with Gasteiger partial charge in [0, 0.05) is 35.7 Å². The second-order valence-electron chi connectivity index (χ2n) is 8.55. The maximum atomic E-state index is 12.9. The molecule has 1 heterocycles. The van der Waals surface area contributed by atoms with Crippen molar-refractivity contribution in [3.8, 4) is 0 Å². The maximum Gasteiger partial charge on any atom is 0.323 e. The Morgan fingerprint density at radius 2 is 1.68 bits per heavy atom. The van der Waals surface area contributed by atoms with Crippen LogP contribution in [-0.4, -0.2) is 36.0 Å². The number of hydrogen-bond acceptors (Lipinski definition) is 4. The lowest BCUT2D eigenvalue weighted by atomic mass is 10.1. The lowest BCUT2D eigenvalue weighted by Gasteiger charge is -2.23. The Bertz CT molecular complexity index is 1210. The first-order valence-corrected chi connectivity index (χ1v) is 11.1. The summed E-state index contributed by atoms with van der Waals surface area (Å²) in [6.45, 7) is 4.09. The quantitative estimate of drug-likeness (QED) is 0.545. The van der Waals surface area contributed by atoms with Crippen LogP contribution in [0.25, 0.3) is 0 Å². The number of carbonyl (C=O) groups is 3.